The van der Waals surface area contributed by atoms with Crippen molar-refractivity contribution in [1.29, 1.82) is 0 Å². The molecule has 4 aromatic rings. The van der Waals surface area contributed by atoms with Crippen LogP contribution < -0.4 is 5.32 Å². The number of nitrogens with one attached hydrogen (secondary N) is 2. The quantitative estimate of drug-likeness (QED) is 0.498. The molecule has 0 bridgehead atoms. The highest BCUT2D eigenvalue weighted by Crippen LogP contribution is 2.22. The van der Waals surface area contributed by atoms with Crippen molar-refractivity contribution >= 4 is 17.3 Å². The summed E-state index contributed by atoms with van der Waals surface area (Å²) in [7, 11) is 0. The van der Waals surface area contributed by atoms with Crippen molar-refractivity contribution in [2.75, 3.05) is 31.6 Å². The number of ether oxygens (including phenoxy) is 1. The van der Waals surface area contributed by atoms with E-state index in [1.807, 2.05) is 29.8 Å². The molecule has 31 heavy (non-hydrogen) atoms. The minimum absolute atomic E-state index is 0.242. The van der Waals surface area contributed by atoms with Gasteiger partial charge in [-0.3, -0.25) is 10.00 Å². The fourth-order valence-corrected chi connectivity index (χ4v) is 3.80. The Balaban J connectivity index is 1.51. The minimum Gasteiger partial charge on any atom is -0.379 e. The molecule has 0 spiro atoms. The Morgan fingerprint density at radius 1 is 1.13 bits per heavy atom. The first kappa shape index (κ1) is 19.7. The maximum atomic E-state index is 13.3. The van der Waals surface area contributed by atoms with Gasteiger partial charge in [0.1, 0.15) is 5.82 Å². The number of morpholine rings is 1. The van der Waals surface area contributed by atoms with Crippen molar-refractivity contribution < 1.29 is 9.13 Å². The molecule has 0 radical (unpaired) electrons. The van der Waals surface area contributed by atoms with E-state index in [1.54, 1.807) is 12.1 Å². The van der Waals surface area contributed by atoms with E-state index in [0.717, 1.165) is 61.0 Å². The van der Waals surface area contributed by atoms with Gasteiger partial charge in [-0.15, -0.1) is 5.10 Å². The van der Waals surface area contributed by atoms with Crippen LogP contribution in [0.1, 0.15) is 22.5 Å². The second kappa shape index (κ2) is 8.44. The van der Waals surface area contributed by atoms with Crippen LogP contribution in [-0.2, 0) is 17.7 Å². The Bertz CT molecular complexity index is 1180. The Labute approximate surface area is 179 Å². The Morgan fingerprint density at radius 3 is 2.68 bits per heavy atom. The molecule has 0 unspecified atom stereocenters. The number of aromatic nitrogens is 5. The number of nitrogens with zero attached hydrogens (tertiary/aromatic N) is 5. The van der Waals surface area contributed by atoms with Gasteiger partial charge in [0.05, 0.1) is 25.1 Å². The van der Waals surface area contributed by atoms with E-state index < -0.39 is 0 Å². The van der Waals surface area contributed by atoms with Crippen molar-refractivity contribution in [2.24, 2.45) is 0 Å². The first-order valence-corrected chi connectivity index (χ1v) is 10.3. The van der Waals surface area contributed by atoms with Crippen LogP contribution >= 0.6 is 0 Å². The van der Waals surface area contributed by atoms with Crippen molar-refractivity contribution in [3.8, 4) is 0 Å². The number of anilines is 2. The minimum atomic E-state index is -0.242. The number of aryl methyl sites for hydroxylation is 1. The lowest BCUT2D eigenvalue weighted by Crippen LogP contribution is -2.35. The van der Waals surface area contributed by atoms with Gasteiger partial charge in [0.2, 0.25) is 0 Å². The average Bonchev–Trinajstić information content (AvgIpc) is 3.37. The highest BCUT2D eigenvalue weighted by molar-refractivity contribution is 5.58. The number of H-pyrrole nitrogens is 1. The smallest absolute Gasteiger partial charge is 0.158 e. The molecule has 5 rings (SSSR count). The molecule has 160 valence electrons. The van der Waals surface area contributed by atoms with Gasteiger partial charge in [-0.05, 0) is 30.7 Å². The molecule has 1 aromatic carbocycles. The molecule has 9 heteroatoms. The van der Waals surface area contributed by atoms with Gasteiger partial charge in [0.25, 0.3) is 0 Å². The van der Waals surface area contributed by atoms with Crippen LogP contribution in [0.3, 0.4) is 0 Å². The van der Waals surface area contributed by atoms with Crippen LogP contribution in [0.15, 0.2) is 42.6 Å². The Hall–Kier alpha value is -3.30. The maximum absolute atomic E-state index is 13.3. The number of hydrogen-bond acceptors (Lipinski definition) is 6. The first-order valence-electron chi connectivity index (χ1n) is 10.3. The first-order chi connectivity index (χ1) is 15.1. The molecular weight excluding hydrogens is 397 g/mol. The summed E-state index contributed by atoms with van der Waals surface area (Å²) in [4.78, 5) is 7.03. The van der Waals surface area contributed by atoms with E-state index in [9.17, 15) is 4.39 Å². The molecule has 4 heterocycles. The van der Waals surface area contributed by atoms with Crippen molar-refractivity contribution in [2.45, 2.75) is 19.9 Å². The van der Waals surface area contributed by atoms with Crippen LogP contribution in [0.2, 0.25) is 0 Å². The summed E-state index contributed by atoms with van der Waals surface area (Å²) in [5.41, 5.74) is 4.81. The lowest BCUT2D eigenvalue weighted by molar-refractivity contribution is 0.0343. The Kier molecular flexibility index (Phi) is 5.35. The molecule has 0 saturated carbocycles. The average molecular weight is 421 g/mol. The number of hydrogen-bond donors (Lipinski definition) is 2. The van der Waals surface area contributed by atoms with Gasteiger partial charge in [0.15, 0.2) is 17.3 Å². The fourth-order valence-electron chi connectivity index (χ4n) is 3.80. The molecule has 1 aliphatic rings. The number of aromatic amines is 1. The van der Waals surface area contributed by atoms with Gasteiger partial charge >= 0.3 is 0 Å². The standard InChI is InChI=1S/C22H24FN7O/c1-15-10-20(27-26-15)25-21-12-17(14-29-6-8-31-9-7-29)22-24-13-19(30(22)28-21)11-16-2-4-18(23)5-3-16/h2-5,10,12-13H,6-9,11,14H2,1H3,(H2,25,26,27,28). The van der Waals surface area contributed by atoms with Crippen molar-refractivity contribution in [3.05, 3.63) is 70.9 Å². The third kappa shape index (κ3) is 4.42. The number of imidazole rings is 1. The zero-order valence-corrected chi connectivity index (χ0v) is 17.3. The summed E-state index contributed by atoms with van der Waals surface area (Å²) in [6.45, 7) is 5.97. The van der Waals surface area contributed by atoms with Crippen molar-refractivity contribution in [3.63, 3.8) is 0 Å². The molecule has 0 amide bonds. The number of fused-ring (bicyclic) bond motifs is 1. The summed E-state index contributed by atoms with van der Waals surface area (Å²) in [6, 6.07) is 10.5. The molecule has 1 fully saturated rings. The monoisotopic (exact) mass is 421 g/mol. The lowest BCUT2D eigenvalue weighted by atomic mass is 10.1. The number of benzene rings is 1. The van der Waals surface area contributed by atoms with E-state index in [0.29, 0.717) is 18.1 Å². The highest BCUT2D eigenvalue weighted by Gasteiger charge is 2.17. The van der Waals surface area contributed by atoms with E-state index in [4.69, 9.17) is 9.84 Å². The molecule has 1 saturated heterocycles. The molecule has 2 N–H and O–H groups in total. The largest absolute Gasteiger partial charge is 0.379 e. The fraction of sp³-hybridized carbons (Fsp3) is 0.318. The third-order valence-electron chi connectivity index (χ3n) is 5.37. The second-order valence-electron chi connectivity index (χ2n) is 7.79. The topological polar surface area (TPSA) is 83.4 Å². The molecule has 8 nitrogen and oxygen atoms in total. The summed E-state index contributed by atoms with van der Waals surface area (Å²) in [6.07, 6.45) is 2.45. The SMILES string of the molecule is Cc1cc(Nc2cc(CN3CCOCC3)c3ncc(Cc4ccc(F)cc4)n3n2)n[nH]1. The maximum Gasteiger partial charge on any atom is 0.158 e. The van der Waals surface area contributed by atoms with E-state index in [2.05, 4.69) is 25.4 Å². The molecule has 0 aliphatic carbocycles. The summed E-state index contributed by atoms with van der Waals surface area (Å²) in [5, 5.41) is 15.3. The van der Waals surface area contributed by atoms with Gasteiger partial charge in [-0.25, -0.2) is 13.9 Å². The van der Waals surface area contributed by atoms with Gasteiger partial charge in [-0.1, -0.05) is 12.1 Å². The normalized spacial score (nSPS) is 14.9. The summed E-state index contributed by atoms with van der Waals surface area (Å²) >= 11 is 0. The van der Waals surface area contributed by atoms with Crippen LogP contribution in [0, 0.1) is 12.7 Å². The molecule has 1 aliphatic heterocycles. The molecule has 3 aromatic heterocycles. The third-order valence-corrected chi connectivity index (χ3v) is 5.37. The van der Waals surface area contributed by atoms with Gasteiger partial charge < -0.3 is 10.1 Å². The van der Waals surface area contributed by atoms with Crippen LogP contribution in [0.4, 0.5) is 16.0 Å². The predicted molar refractivity (Wildman–Crippen MR) is 115 cm³/mol. The highest BCUT2D eigenvalue weighted by atomic mass is 19.1. The Morgan fingerprint density at radius 2 is 1.94 bits per heavy atom. The van der Waals surface area contributed by atoms with E-state index in [-0.39, 0.29) is 5.82 Å². The second-order valence-corrected chi connectivity index (χ2v) is 7.79. The number of rotatable bonds is 6. The van der Waals surface area contributed by atoms with Crippen LogP contribution in [0.5, 0.6) is 0 Å². The zero-order valence-electron chi connectivity index (χ0n) is 17.3. The summed E-state index contributed by atoms with van der Waals surface area (Å²) < 4.78 is 20.7. The van der Waals surface area contributed by atoms with E-state index >= 15 is 0 Å². The van der Waals surface area contributed by atoms with Gasteiger partial charge in [0, 0.05) is 43.4 Å². The van der Waals surface area contributed by atoms with Gasteiger partial charge in [-0.2, -0.15) is 5.10 Å². The van der Waals surface area contributed by atoms with Crippen LogP contribution in [-0.4, -0.2) is 56.0 Å². The zero-order chi connectivity index (χ0) is 21.2. The lowest BCUT2D eigenvalue weighted by Gasteiger charge is -2.26. The van der Waals surface area contributed by atoms with E-state index in [1.165, 1.54) is 12.1 Å². The molecular formula is C22H24FN7O. The molecule has 0 atom stereocenters. The predicted octanol–water partition coefficient (Wildman–Crippen LogP) is 3.07. The number of halogens is 1. The summed E-state index contributed by atoms with van der Waals surface area (Å²) in [5.74, 6) is 1.16. The van der Waals surface area contributed by atoms with Crippen LogP contribution in [0.25, 0.3) is 5.65 Å². The van der Waals surface area contributed by atoms with Crippen molar-refractivity contribution in [1.82, 2.24) is 29.7 Å².